The molecule has 122 valence electrons. The second-order valence-corrected chi connectivity index (χ2v) is 5.32. The summed E-state index contributed by atoms with van der Waals surface area (Å²) in [5.74, 6) is -0.161. The van der Waals surface area contributed by atoms with Crippen molar-refractivity contribution in [3.8, 4) is 5.75 Å². The summed E-state index contributed by atoms with van der Waals surface area (Å²) in [4.78, 5) is 22.8. The number of nitrogens with one attached hydrogen (secondary N) is 1. The van der Waals surface area contributed by atoms with Crippen LogP contribution in [0.2, 0.25) is 0 Å². The van der Waals surface area contributed by atoms with Crippen LogP contribution < -0.4 is 10.1 Å². The highest BCUT2D eigenvalue weighted by Crippen LogP contribution is 2.28. The van der Waals surface area contributed by atoms with Gasteiger partial charge >= 0.3 is 5.97 Å². The number of hydrogen-bond donors (Lipinski definition) is 2. The van der Waals surface area contributed by atoms with Gasteiger partial charge in [-0.3, -0.25) is 9.59 Å². The molecule has 23 heavy (non-hydrogen) atoms. The van der Waals surface area contributed by atoms with Crippen molar-refractivity contribution < 1.29 is 19.4 Å². The summed E-state index contributed by atoms with van der Waals surface area (Å²) in [7, 11) is 1.61. The predicted octanol–water partition coefficient (Wildman–Crippen LogP) is 3.22. The van der Waals surface area contributed by atoms with Crippen molar-refractivity contribution in [3.63, 3.8) is 0 Å². The van der Waals surface area contributed by atoms with Crippen molar-refractivity contribution in [1.82, 2.24) is 5.32 Å². The van der Waals surface area contributed by atoms with Crippen LogP contribution in [0.25, 0.3) is 10.8 Å². The molecule has 0 spiro atoms. The van der Waals surface area contributed by atoms with Gasteiger partial charge in [-0.25, -0.2) is 0 Å². The molecule has 0 aliphatic heterocycles. The topological polar surface area (TPSA) is 75.6 Å². The summed E-state index contributed by atoms with van der Waals surface area (Å²) in [5, 5.41) is 13.2. The van der Waals surface area contributed by atoms with Crippen LogP contribution in [0.4, 0.5) is 0 Å². The van der Waals surface area contributed by atoms with E-state index in [9.17, 15) is 9.59 Å². The van der Waals surface area contributed by atoms with Crippen LogP contribution in [0.5, 0.6) is 5.75 Å². The molecule has 0 unspecified atom stereocenters. The smallest absolute Gasteiger partial charge is 0.303 e. The van der Waals surface area contributed by atoms with Gasteiger partial charge in [-0.2, -0.15) is 0 Å². The Balaban J connectivity index is 1.97. The molecule has 0 fully saturated rings. The van der Waals surface area contributed by atoms with Crippen molar-refractivity contribution in [1.29, 1.82) is 0 Å². The molecule has 0 aliphatic carbocycles. The van der Waals surface area contributed by atoms with E-state index >= 15 is 0 Å². The number of aliphatic carboxylic acids is 1. The van der Waals surface area contributed by atoms with Gasteiger partial charge in [0.2, 0.25) is 0 Å². The first-order chi connectivity index (χ1) is 11.1. The number of carbonyl (C=O) groups excluding carboxylic acids is 1. The van der Waals surface area contributed by atoms with E-state index in [0.29, 0.717) is 18.5 Å². The number of unbranched alkanes of at least 4 members (excludes halogenated alkanes) is 2. The number of fused-ring (bicyclic) bond motifs is 1. The zero-order valence-electron chi connectivity index (χ0n) is 13.2. The van der Waals surface area contributed by atoms with E-state index in [1.807, 2.05) is 24.3 Å². The molecule has 5 heteroatoms. The van der Waals surface area contributed by atoms with E-state index in [0.717, 1.165) is 29.4 Å². The Kier molecular flexibility index (Phi) is 5.97. The van der Waals surface area contributed by atoms with E-state index in [4.69, 9.17) is 9.84 Å². The molecule has 0 saturated heterocycles. The molecule has 2 aromatic rings. The van der Waals surface area contributed by atoms with Gasteiger partial charge in [0.05, 0.1) is 7.11 Å². The van der Waals surface area contributed by atoms with Crippen LogP contribution in [0.1, 0.15) is 36.0 Å². The van der Waals surface area contributed by atoms with Gasteiger partial charge in [-0.1, -0.05) is 30.7 Å². The highest BCUT2D eigenvalue weighted by atomic mass is 16.5. The molecule has 0 aromatic heterocycles. The lowest BCUT2D eigenvalue weighted by molar-refractivity contribution is -0.137. The molecular weight excluding hydrogens is 294 g/mol. The number of ether oxygens (including phenoxy) is 1. The average Bonchev–Trinajstić information content (AvgIpc) is 2.56. The van der Waals surface area contributed by atoms with E-state index < -0.39 is 5.97 Å². The lowest BCUT2D eigenvalue weighted by Gasteiger charge is -2.11. The third-order valence-corrected chi connectivity index (χ3v) is 3.70. The number of carbonyl (C=O) groups is 2. The highest BCUT2D eigenvalue weighted by molar-refractivity contribution is 6.08. The molecule has 0 radical (unpaired) electrons. The van der Waals surface area contributed by atoms with Crippen LogP contribution >= 0.6 is 0 Å². The van der Waals surface area contributed by atoms with E-state index in [-0.39, 0.29) is 12.3 Å². The first-order valence-electron chi connectivity index (χ1n) is 7.69. The predicted molar refractivity (Wildman–Crippen MR) is 88.9 cm³/mol. The Morgan fingerprint density at radius 3 is 2.48 bits per heavy atom. The molecule has 2 aromatic carbocycles. The van der Waals surface area contributed by atoms with E-state index in [2.05, 4.69) is 5.32 Å². The van der Waals surface area contributed by atoms with Crippen LogP contribution in [0.15, 0.2) is 36.4 Å². The van der Waals surface area contributed by atoms with Gasteiger partial charge < -0.3 is 15.2 Å². The van der Waals surface area contributed by atoms with Crippen molar-refractivity contribution >= 4 is 22.6 Å². The summed E-state index contributed by atoms with van der Waals surface area (Å²) in [5.41, 5.74) is 0.618. The van der Waals surface area contributed by atoms with Crippen molar-refractivity contribution in [2.75, 3.05) is 13.7 Å². The maximum atomic E-state index is 12.4. The fraction of sp³-hybridized carbons (Fsp3) is 0.333. The van der Waals surface area contributed by atoms with Gasteiger partial charge in [-0.05, 0) is 30.4 Å². The summed E-state index contributed by atoms with van der Waals surface area (Å²) < 4.78 is 5.33. The van der Waals surface area contributed by atoms with Crippen LogP contribution in [0, 0.1) is 0 Å². The minimum absolute atomic E-state index is 0.123. The summed E-state index contributed by atoms with van der Waals surface area (Å²) in [6, 6.07) is 11.2. The number of methoxy groups -OCH3 is 1. The van der Waals surface area contributed by atoms with Crippen LogP contribution in [-0.4, -0.2) is 30.6 Å². The Labute approximate surface area is 135 Å². The molecule has 2 N–H and O–H groups in total. The summed E-state index contributed by atoms with van der Waals surface area (Å²) in [6.07, 6.45) is 2.37. The van der Waals surface area contributed by atoms with Crippen LogP contribution in [0.3, 0.4) is 0 Å². The number of hydrogen-bond acceptors (Lipinski definition) is 3. The third kappa shape index (κ3) is 4.45. The van der Waals surface area contributed by atoms with Gasteiger partial charge in [-0.15, -0.1) is 0 Å². The Hall–Kier alpha value is -2.56. The second kappa shape index (κ2) is 8.17. The molecule has 0 aliphatic rings. The van der Waals surface area contributed by atoms with Gasteiger partial charge in [0.15, 0.2) is 0 Å². The Bertz CT molecular complexity index is 696. The quantitative estimate of drug-likeness (QED) is 0.733. The van der Waals surface area contributed by atoms with Gasteiger partial charge in [0, 0.05) is 23.9 Å². The fourth-order valence-corrected chi connectivity index (χ4v) is 2.52. The zero-order chi connectivity index (χ0) is 16.7. The lowest BCUT2D eigenvalue weighted by atomic mass is 10.0. The molecule has 0 heterocycles. The molecule has 0 saturated carbocycles. The van der Waals surface area contributed by atoms with E-state index in [1.165, 1.54) is 0 Å². The second-order valence-electron chi connectivity index (χ2n) is 5.32. The first kappa shape index (κ1) is 16.8. The maximum Gasteiger partial charge on any atom is 0.303 e. The number of rotatable bonds is 8. The number of amides is 1. The molecular formula is C18H21NO4. The highest BCUT2D eigenvalue weighted by Gasteiger charge is 2.12. The molecule has 0 atom stereocenters. The van der Waals surface area contributed by atoms with Gasteiger partial charge in [0.1, 0.15) is 5.75 Å². The minimum atomic E-state index is -0.779. The zero-order valence-corrected chi connectivity index (χ0v) is 13.2. The normalized spacial score (nSPS) is 10.5. The number of carboxylic acids is 1. The Morgan fingerprint density at radius 1 is 1.04 bits per heavy atom. The fourth-order valence-electron chi connectivity index (χ4n) is 2.52. The van der Waals surface area contributed by atoms with E-state index in [1.54, 1.807) is 19.2 Å². The first-order valence-corrected chi connectivity index (χ1v) is 7.69. The monoisotopic (exact) mass is 315 g/mol. The molecule has 5 nitrogen and oxygen atoms in total. The van der Waals surface area contributed by atoms with Gasteiger partial charge in [0.25, 0.3) is 5.91 Å². The minimum Gasteiger partial charge on any atom is -0.496 e. The lowest BCUT2D eigenvalue weighted by Crippen LogP contribution is -2.24. The largest absolute Gasteiger partial charge is 0.496 e. The molecule has 2 rings (SSSR count). The standard InChI is InChI=1S/C18H21NO4/c1-23-16-11-10-15(13-7-4-5-8-14(13)16)18(22)19-12-6-2-3-9-17(20)21/h4-5,7-8,10-11H,2-3,6,9,12H2,1H3,(H,19,22)(H,20,21). The maximum absolute atomic E-state index is 12.4. The third-order valence-electron chi connectivity index (χ3n) is 3.70. The van der Waals surface area contributed by atoms with Crippen molar-refractivity contribution in [3.05, 3.63) is 42.0 Å². The molecule has 0 bridgehead atoms. The molecule has 1 amide bonds. The average molecular weight is 315 g/mol. The van der Waals surface area contributed by atoms with Crippen molar-refractivity contribution in [2.45, 2.75) is 25.7 Å². The Morgan fingerprint density at radius 2 is 1.78 bits per heavy atom. The number of benzene rings is 2. The number of carboxylic acid groups (broad SMARTS) is 1. The SMILES string of the molecule is COc1ccc(C(=O)NCCCCCC(=O)O)c2ccccc12. The van der Waals surface area contributed by atoms with Crippen LogP contribution in [-0.2, 0) is 4.79 Å². The van der Waals surface area contributed by atoms with Crippen molar-refractivity contribution in [2.24, 2.45) is 0 Å². The summed E-state index contributed by atoms with van der Waals surface area (Å²) in [6.45, 7) is 0.540. The summed E-state index contributed by atoms with van der Waals surface area (Å²) >= 11 is 0.